The fraction of sp³-hybridized carbons (Fsp3) is 0.478. The molecule has 1 aliphatic rings. The Balaban J connectivity index is 1.55. The number of benzene rings is 2. The van der Waals surface area contributed by atoms with Crippen molar-refractivity contribution in [3.05, 3.63) is 70.5 Å². The second kappa shape index (κ2) is 10.9. The van der Waals surface area contributed by atoms with E-state index in [0.29, 0.717) is 11.6 Å². The van der Waals surface area contributed by atoms with E-state index in [0.717, 1.165) is 43.9 Å². The molecule has 28 heavy (non-hydrogen) atoms. The molecule has 1 atom stereocenters. The van der Waals surface area contributed by atoms with Gasteiger partial charge < -0.3 is 9.64 Å². The van der Waals surface area contributed by atoms with Crippen LogP contribution in [0.5, 0.6) is 0 Å². The first-order valence-corrected chi connectivity index (χ1v) is 10.6. The minimum atomic E-state index is -0.237. The van der Waals surface area contributed by atoms with Gasteiger partial charge in [0.05, 0.1) is 6.61 Å². The zero-order valence-electron chi connectivity index (χ0n) is 16.6. The summed E-state index contributed by atoms with van der Waals surface area (Å²) in [6, 6.07) is 14.2. The summed E-state index contributed by atoms with van der Waals surface area (Å²) in [5, 5.41) is 0.697. The van der Waals surface area contributed by atoms with E-state index in [1.807, 2.05) is 24.3 Å². The first-order chi connectivity index (χ1) is 13.7. The van der Waals surface area contributed by atoms with Gasteiger partial charge in [-0.1, -0.05) is 49.2 Å². The van der Waals surface area contributed by atoms with Crippen LogP contribution in [0.25, 0.3) is 0 Å². The van der Waals surface area contributed by atoms with Gasteiger partial charge in [0, 0.05) is 37.7 Å². The van der Waals surface area contributed by atoms with Crippen molar-refractivity contribution in [1.82, 2.24) is 9.80 Å². The van der Waals surface area contributed by atoms with E-state index < -0.39 is 0 Å². The number of halogens is 2. The quantitative estimate of drug-likeness (QED) is 0.584. The van der Waals surface area contributed by atoms with E-state index >= 15 is 0 Å². The molecule has 2 aromatic carbocycles. The van der Waals surface area contributed by atoms with Gasteiger partial charge in [-0.25, -0.2) is 4.39 Å². The number of rotatable bonds is 9. The Kier molecular flexibility index (Phi) is 8.28. The van der Waals surface area contributed by atoms with Crippen molar-refractivity contribution in [3.8, 4) is 0 Å². The van der Waals surface area contributed by atoms with Gasteiger partial charge in [0.2, 0.25) is 0 Å². The van der Waals surface area contributed by atoms with Crippen LogP contribution in [-0.4, -0.2) is 55.7 Å². The third-order valence-corrected chi connectivity index (χ3v) is 5.58. The van der Waals surface area contributed by atoms with Crippen LogP contribution in [0.3, 0.4) is 0 Å². The molecule has 2 aromatic rings. The van der Waals surface area contributed by atoms with E-state index in [4.69, 9.17) is 16.3 Å². The summed E-state index contributed by atoms with van der Waals surface area (Å²) < 4.78 is 19.6. The van der Waals surface area contributed by atoms with Crippen LogP contribution in [0.2, 0.25) is 5.02 Å². The largest absolute Gasteiger partial charge is 0.367 e. The van der Waals surface area contributed by atoms with Crippen molar-refractivity contribution in [1.29, 1.82) is 0 Å². The minimum Gasteiger partial charge on any atom is -0.367 e. The maximum absolute atomic E-state index is 13.3. The van der Waals surface area contributed by atoms with Gasteiger partial charge in [-0.15, -0.1) is 0 Å². The number of ether oxygens (including phenoxy) is 1. The third kappa shape index (κ3) is 6.28. The topological polar surface area (TPSA) is 15.7 Å². The molecule has 0 amide bonds. The number of nitrogens with zero attached hydrogens (tertiary/aromatic N) is 2. The van der Waals surface area contributed by atoms with Crippen LogP contribution in [0.1, 0.15) is 37.0 Å². The molecule has 0 N–H and O–H groups in total. The lowest BCUT2D eigenvalue weighted by molar-refractivity contribution is 0.0451. The van der Waals surface area contributed by atoms with Gasteiger partial charge in [0.1, 0.15) is 11.9 Å². The normalized spacial score (nSPS) is 17.0. The molecule has 0 radical (unpaired) electrons. The van der Waals surface area contributed by atoms with Crippen LogP contribution in [0.4, 0.5) is 4.39 Å². The number of hydrogen-bond acceptors (Lipinski definition) is 3. The minimum absolute atomic E-state index is 0.219. The van der Waals surface area contributed by atoms with Gasteiger partial charge in [0.25, 0.3) is 0 Å². The molecule has 0 bridgehead atoms. The van der Waals surface area contributed by atoms with Crippen molar-refractivity contribution < 1.29 is 9.13 Å². The van der Waals surface area contributed by atoms with E-state index in [9.17, 15) is 4.39 Å². The molecule has 1 unspecified atom stereocenters. The lowest BCUT2D eigenvalue weighted by Gasteiger charge is -2.34. The van der Waals surface area contributed by atoms with Crippen LogP contribution in [-0.2, 0) is 4.74 Å². The summed E-state index contributed by atoms with van der Waals surface area (Å²) in [5.74, 6) is -0.237. The molecular weight excluding hydrogens is 375 g/mol. The second-order valence-electron chi connectivity index (χ2n) is 7.39. The Labute approximate surface area is 173 Å². The van der Waals surface area contributed by atoms with Crippen LogP contribution < -0.4 is 0 Å². The maximum atomic E-state index is 13.3. The summed E-state index contributed by atoms with van der Waals surface area (Å²) in [7, 11) is 0. The molecule has 1 heterocycles. The second-order valence-corrected chi connectivity index (χ2v) is 7.83. The van der Waals surface area contributed by atoms with E-state index in [1.165, 1.54) is 31.5 Å². The molecule has 0 saturated carbocycles. The van der Waals surface area contributed by atoms with Crippen molar-refractivity contribution in [2.75, 3.05) is 45.9 Å². The lowest BCUT2D eigenvalue weighted by atomic mass is 10.0. The highest BCUT2D eigenvalue weighted by atomic mass is 35.5. The first kappa shape index (κ1) is 21.3. The summed E-state index contributed by atoms with van der Waals surface area (Å²) in [6.07, 6.45) is 2.32. The number of piperazine rings is 1. The van der Waals surface area contributed by atoms with E-state index in [2.05, 4.69) is 16.7 Å². The maximum Gasteiger partial charge on any atom is 0.123 e. The Bertz CT molecular complexity index is 654. The zero-order valence-corrected chi connectivity index (χ0v) is 17.4. The molecule has 1 aliphatic heterocycles. The Morgan fingerprint density at radius 1 is 0.893 bits per heavy atom. The van der Waals surface area contributed by atoms with Crippen molar-refractivity contribution in [3.63, 3.8) is 0 Å². The molecule has 0 aliphatic carbocycles. The summed E-state index contributed by atoms with van der Waals surface area (Å²) in [6.45, 7) is 9.46. The Morgan fingerprint density at radius 2 is 1.43 bits per heavy atom. The lowest BCUT2D eigenvalue weighted by Crippen LogP contribution is -2.47. The molecular formula is C23H30ClFN2O. The van der Waals surface area contributed by atoms with Gasteiger partial charge in [-0.05, 0) is 48.4 Å². The molecule has 5 heteroatoms. The summed E-state index contributed by atoms with van der Waals surface area (Å²) in [4.78, 5) is 5.02. The van der Waals surface area contributed by atoms with Crippen molar-refractivity contribution >= 4 is 11.6 Å². The smallest absolute Gasteiger partial charge is 0.123 e. The van der Waals surface area contributed by atoms with E-state index in [1.54, 1.807) is 12.1 Å². The number of hydrogen-bond donors (Lipinski definition) is 0. The standard InChI is InChI=1S/C23H30ClFN2O/c1-2-3-12-26-13-15-27(16-14-26)17-18-28-23(19-4-8-21(24)9-5-19)20-6-10-22(25)11-7-20/h4-11,23H,2-3,12-18H2,1H3. The van der Waals surface area contributed by atoms with Gasteiger partial charge in [0.15, 0.2) is 0 Å². The molecule has 1 saturated heterocycles. The zero-order chi connectivity index (χ0) is 19.8. The predicted molar refractivity (Wildman–Crippen MR) is 113 cm³/mol. The van der Waals surface area contributed by atoms with E-state index in [-0.39, 0.29) is 11.9 Å². The van der Waals surface area contributed by atoms with Crippen LogP contribution >= 0.6 is 11.6 Å². The molecule has 0 spiro atoms. The van der Waals surface area contributed by atoms with Gasteiger partial charge in [-0.3, -0.25) is 4.90 Å². The molecule has 1 fully saturated rings. The third-order valence-electron chi connectivity index (χ3n) is 5.33. The highest BCUT2D eigenvalue weighted by Gasteiger charge is 2.18. The SMILES string of the molecule is CCCCN1CCN(CCOC(c2ccc(F)cc2)c2ccc(Cl)cc2)CC1. The van der Waals surface area contributed by atoms with Crippen molar-refractivity contribution in [2.45, 2.75) is 25.9 Å². The fourth-order valence-corrected chi connectivity index (χ4v) is 3.70. The first-order valence-electron chi connectivity index (χ1n) is 10.2. The molecule has 3 nitrogen and oxygen atoms in total. The van der Waals surface area contributed by atoms with Crippen LogP contribution in [0, 0.1) is 5.82 Å². The Morgan fingerprint density at radius 3 is 2.00 bits per heavy atom. The summed E-state index contributed by atoms with van der Waals surface area (Å²) in [5.41, 5.74) is 1.98. The number of unbranched alkanes of at least 4 members (excludes halogenated alkanes) is 1. The highest BCUT2D eigenvalue weighted by molar-refractivity contribution is 6.30. The van der Waals surface area contributed by atoms with Crippen LogP contribution in [0.15, 0.2) is 48.5 Å². The summed E-state index contributed by atoms with van der Waals surface area (Å²) >= 11 is 6.03. The van der Waals surface area contributed by atoms with Crippen molar-refractivity contribution in [2.24, 2.45) is 0 Å². The predicted octanol–water partition coefficient (Wildman–Crippen LogP) is 5.00. The molecule has 152 valence electrons. The molecule has 3 rings (SSSR count). The average molecular weight is 405 g/mol. The van der Waals surface area contributed by atoms with Gasteiger partial charge in [-0.2, -0.15) is 0 Å². The molecule has 0 aromatic heterocycles. The Hall–Kier alpha value is -1.46. The average Bonchev–Trinajstić information content (AvgIpc) is 2.72. The highest BCUT2D eigenvalue weighted by Crippen LogP contribution is 2.27. The fourth-order valence-electron chi connectivity index (χ4n) is 3.58. The van der Waals surface area contributed by atoms with Gasteiger partial charge >= 0.3 is 0 Å². The monoisotopic (exact) mass is 404 g/mol.